The van der Waals surface area contributed by atoms with Gasteiger partial charge in [-0.3, -0.25) is 4.79 Å². The molecule has 1 aliphatic rings. The number of ether oxygens (including phenoxy) is 1. The van der Waals surface area contributed by atoms with Crippen molar-refractivity contribution >= 4 is 5.91 Å². The van der Waals surface area contributed by atoms with E-state index < -0.39 is 6.04 Å². The van der Waals surface area contributed by atoms with Crippen LogP contribution in [0.4, 0.5) is 0 Å². The van der Waals surface area contributed by atoms with Gasteiger partial charge in [-0.25, -0.2) is 0 Å². The molecule has 82 valence electrons. The van der Waals surface area contributed by atoms with Crippen LogP contribution in [0.1, 0.15) is 26.7 Å². The van der Waals surface area contributed by atoms with Gasteiger partial charge in [0.05, 0.1) is 6.04 Å². The maximum Gasteiger partial charge on any atom is 0.236 e. The molecule has 1 amide bonds. The summed E-state index contributed by atoms with van der Waals surface area (Å²) >= 11 is 0. The van der Waals surface area contributed by atoms with E-state index in [4.69, 9.17) is 10.5 Å². The fourth-order valence-electron chi connectivity index (χ4n) is 1.69. The highest BCUT2D eigenvalue weighted by molar-refractivity contribution is 5.81. The molecule has 1 unspecified atom stereocenters. The fraction of sp³-hybridized carbons (Fsp3) is 0.900. The summed E-state index contributed by atoms with van der Waals surface area (Å²) in [5, 5.41) is 2.93. The fourth-order valence-corrected chi connectivity index (χ4v) is 1.69. The Morgan fingerprint density at radius 2 is 2.00 bits per heavy atom. The van der Waals surface area contributed by atoms with Crippen LogP contribution in [0.3, 0.4) is 0 Å². The Labute approximate surface area is 85.2 Å². The summed E-state index contributed by atoms with van der Waals surface area (Å²) in [6.07, 6.45) is 2.06. The Kier molecular flexibility index (Phi) is 4.35. The first-order chi connectivity index (χ1) is 6.61. The van der Waals surface area contributed by atoms with Gasteiger partial charge in [0.2, 0.25) is 5.91 Å². The van der Waals surface area contributed by atoms with Gasteiger partial charge in [0.15, 0.2) is 0 Å². The van der Waals surface area contributed by atoms with Crippen LogP contribution in [-0.4, -0.2) is 31.2 Å². The molecule has 0 aromatic heterocycles. The van der Waals surface area contributed by atoms with Crippen molar-refractivity contribution in [2.24, 2.45) is 11.7 Å². The van der Waals surface area contributed by atoms with Crippen LogP contribution in [0.25, 0.3) is 0 Å². The van der Waals surface area contributed by atoms with Gasteiger partial charge in [-0.2, -0.15) is 0 Å². The SMILES string of the molecule is CC(NC(=O)[C@H](C)N)C1CCOCC1. The van der Waals surface area contributed by atoms with Crippen LogP contribution < -0.4 is 11.1 Å². The molecule has 1 saturated heterocycles. The van der Waals surface area contributed by atoms with Crippen molar-refractivity contribution < 1.29 is 9.53 Å². The predicted molar refractivity (Wildman–Crippen MR) is 54.8 cm³/mol. The van der Waals surface area contributed by atoms with Crippen molar-refractivity contribution in [2.75, 3.05) is 13.2 Å². The lowest BCUT2D eigenvalue weighted by Gasteiger charge is -2.28. The van der Waals surface area contributed by atoms with E-state index in [2.05, 4.69) is 5.32 Å². The first-order valence-corrected chi connectivity index (χ1v) is 5.25. The Bertz CT molecular complexity index is 189. The summed E-state index contributed by atoms with van der Waals surface area (Å²) in [4.78, 5) is 11.3. The molecular formula is C10H20N2O2. The number of amides is 1. The van der Waals surface area contributed by atoms with E-state index in [1.165, 1.54) is 0 Å². The molecule has 0 aromatic carbocycles. The first-order valence-electron chi connectivity index (χ1n) is 5.25. The minimum absolute atomic E-state index is 0.0657. The van der Waals surface area contributed by atoms with Crippen molar-refractivity contribution in [1.29, 1.82) is 0 Å². The smallest absolute Gasteiger partial charge is 0.236 e. The van der Waals surface area contributed by atoms with Gasteiger partial charge < -0.3 is 15.8 Å². The normalized spacial score (nSPS) is 22.8. The average molecular weight is 200 g/mol. The summed E-state index contributed by atoms with van der Waals surface area (Å²) in [7, 11) is 0. The molecule has 1 heterocycles. The Morgan fingerprint density at radius 1 is 1.43 bits per heavy atom. The zero-order valence-corrected chi connectivity index (χ0v) is 8.95. The predicted octanol–water partition coefficient (Wildman–Crippen LogP) is 0.265. The third kappa shape index (κ3) is 3.27. The number of rotatable bonds is 3. The van der Waals surface area contributed by atoms with E-state index >= 15 is 0 Å². The number of nitrogens with one attached hydrogen (secondary N) is 1. The van der Waals surface area contributed by atoms with Crippen molar-refractivity contribution in [2.45, 2.75) is 38.8 Å². The second kappa shape index (κ2) is 5.32. The Balaban J connectivity index is 2.32. The van der Waals surface area contributed by atoms with Crippen LogP contribution in [0.15, 0.2) is 0 Å². The van der Waals surface area contributed by atoms with Crippen LogP contribution in [0.5, 0.6) is 0 Å². The number of hydrogen-bond acceptors (Lipinski definition) is 3. The second-order valence-corrected chi connectivity index (χ2v) is 4.04. The maximum atomic E-state index is 11.3. The van der Waals surface area contributed by atoms with Crippen molar-refractivity contribution in [3.05, 3.63) is 0 Å². The molecule has 3 N–H and O–H groups in total. The van der Waals surface area contributed by atoms with Gasteiger partial charge in [0, 0.05) is 19.3 Å². The molecule has 0 aliphatic carbocycles. The standard InChI is InChI=1S/C10H20N2O2/c1-7(11)10(13)12-8(2)9-3-5-14-6-4-9/h7-9H,3-6,11H2,1-2H3,(H,12,13)/t7-,8?/m0/s1. The zero-order chi connectivity index (χ0) is 10.6. The molecule has 0 bridgehead atoms. The zero-order valence-electron chi connectivity index (χ0n) is 8.95. The number of carbonyl (C=O) groups is 1. The lowest BCUT2D eigenvalue weighted by Crippen LogP contribution is -2.46. The van der Waals surface area contributed by atoms with Gasteiger partial charge in [-0.1, -0.05) is 0 Å². The summed E-state index contributed by atoms with van der Waals surface area (Å²) in [5.74, 6) is 0.468. The summed E-state index contributed by atoms with van der Waals surface area (Å²) in [6.45, 7) is 5.36. The second-order valence-electron chi connectivity index (χ2n) is 4.04. The molecule has 4 heteroatoms. The summed E-state index contributed by atoms with van der Waals surface area (Å²) in [6, 6.07) is -0.213. The molecule has 14 heavy (non-hydrogen) atoms. The largest absolute Gasteiger partial charge is 0.381 e. The summed E-state index contributed by atoms with van der Waals surface area (Å²) in [5.41, 5.74) is 5.48. The van der Waals surface area contributed by atoms with E-state index in [9.17, 15) is 4.79 Å². The molecule has 0 aromatic rings. The van der Waals surface area contributed by atoms with E-state index in [1.807, 2.05) is 6.92 Å². The maximum absolute atomic E-state index is 11.3. The topological polar surface area (TPSA) is 64.4 Å². The van der Waals surface area contributed by atoms with E-state index in [-0.39, 0.29) is 11.9 Å². The third-order valence-electron chi connectivity index (χ3n) is 2.76. The van der Waals surface area contributed by atoms with Gasteiger partial charge in [-0.05, 0) is 32.6 Å². The number of carbonyl (C=O) groups excluding carboxylic acids is 1. The van der Waals surface area contributed by atoms with Gasteiger partial charge >= 0.3 is 0 Å². The van der Waals surface area contributed by atoms with Crippen LogP contribution in [0.2, 0.25) is 0 Å². The molecule has 1 fully saturated rings. The van der Waals surface area contributed by atoms with Gasteiger partial charge in [0.25, 0.3) is 0 Å². The molecular weight excluding hydrogens is 180 g/mol. The quantitative estimate of drug-likeness (QED) is 0.687. The average Bonchev–Trinajstić information content (AvgIpc) is 2.19. The highest BCUT2D eigenvalue weighted by atomic mass is 16.5. The first kappa shape index (κ1) is 11.5. The van der Waals surface area contributed by atoms with Crippen molar-refractivity contribution in [3.8, 4) is 0 Å². The Hall–Kier alpha value is -0.610. The van der Waals surface area contributed by atoms with Crippen LogP contribution >= 0.6 is 0 Å². The number of hydrogen-bond donors (Lipinski definition) is 2. The lowest BCUT2D eigenvalue weighted by atomic mass is 9.93. The van der Waals surface area contributed by atoms with Gasteiger partial charge in [0.1, 0.15) is 0 Å². The van der Waals surface area contributed by atoms with Crippen molar-refractivity contribution in [3.63, 3.8) is 0 Å². The highest BCUT2D eigenvalue weighted by Gasteiger charge is 2.22. The Morgan fingerprint density at radius 3 is 2.50 bits per heavy atom. The van der Waals surface area contributed by atoms with Crippen molar-refractivity contribution in [1.82, 2.24) is 5.32 Å². The minimum atomic E-state index is -0.419. The number of nitrogens with two attached hydrogens (primary N) is 1. The molecule has 0 spiro atoms. The van der Waals surface area contributed by atoms with E-state index in [1.54, 1.807) is 6.92 Å². The monoisotopic (exact) mass is 200 g/mol. The minimum Gasteiger partial charge on any atom is -0.381 e. The molecule has 0 radical (unpaired) electrons. The van der Waals surface area contributed by atoms with E-state index in [0.717, 1.165) is 26.1 Å². The molecule has 4 nitrogen and oxygen atoms in total. The van der Waals surface area contributed by atoms with E-state index in [0.29, 0.717) is 5.92 Å². The summed E-state index contributed by atoms with van der Waals surface area (Å²) < 4.78 is 5.26. The third-order valence-corrected chi connectivity index (χ3v) is 2.76. The molecule has 2 atom stereocenters. The highest BCUT2D eigenvalue weighted by Crippen LogP contribution is 2.18. The van der Waals surface area contributed by atoms with Crippen LogP contribution in [0, 0.1) is 5.92 Å². The molecule has 0 saturated carbocycles. The van der Waals surface area contributed by atoms with Crippen LogP contribution in [-0.2, 0) is 9.53 Å². The van der Waals surface area contributed by atoms with Gasteiger partial charge in [-0.15, -0.1) is 0 Å². The lowest BCUT2D eigenvalue weighted by molar-refractivity contribution is -0.123. The molecule has 1 aliphatic heterocycles. The molecule has 1 rings (SSSR count).